The van der Waals surface area contributed by atoms with Gasteiger partial charge in [-0.1, -0.05) is 18.2 Å². The van der Waals surface area contributed by atoms with Gasteiger partial charge in [0.2, 0.25) is 0 Å². The van der Waals surface area contributed by atoms with Crippen LogP contribution in [-0.2, 0) is 6.54 Å². The van der Waals surface area contributed by atoms with E-state index in [0.29, 0.717) is 0 Å². The lowest BCUT2D eigenvalue weighted by atomic mass is 10.0. The van der Waals surface area contributed by atoms with Crippen molar-refractivity contribution >= 4 is 15.9 Å². The number of benzene rings is 1. The normalized spacial score (nSPS) is 12.9. The maximum Gasteiger partial charge on any atom is 0.122 e. The Morgan fingerprint density at radius 1 is 1.29 bits per heavy atom. The maximum absolute atomic E-state index is 10.7. The second-order valence-electron chi connectivity index (χ2n) is 5.65. The van der Waals surface area contributed by atoms with Crippen molar-refractivity contribution in [2.24, 2.45) is 0 Å². The van der Waals surface area contributed by atoms with Crippen molar-refractivity contribution in [3.05, 3.63) is 51.3 Å². The number of nitrogens with zero attached hydrogens (tertiary/aromatic N) is 3. The molecule has 114 valence electrons. The van der Waals surface area contributed by atoms with E-state index in [-0.39, 0.29) is 0 Å². The van der Waals surface area contributed by atoms with Crippen molar-refractivity contribution in [2.75, 3.05) is 20.6 Å². The van der Waals surface area contributed by atoms with Crippen LogP contribution in [-0.4, -0.2) is 40.4 Å². The van der Waals surface area contributed by atoms with E-state index in [1.165, 1.54) is 11.1 Å². The molecule has 1 N–H and O–H groups in total. The van der Waals surface area contributed by atoms with Crippen LogP contribution >= 0.6 is 15.9 Å². The largest absolute Gasteiger partial charge is 0.382 e. The predicted molar refractivity (Wildman–Crippen MR) is 88.5 cm³/mol. The third kappa shape index (κ3) is 3.73. The number of hydrogen-bond acceptors (Lipinski definition) is 3. The molecule has 0 radical (unpaired) electrons. The first kappa shape index (κ1) is 16.2. The molecule has 21 heavy (non-hydrogen) atoms. The molecule has 0 fully saturated rings. The van der Waals surface area contributed by atoms with Gasteiger partial charge < -0.3 is 10.0 Å². The first-order valence-electron chi connectivity index (χ1n) is 7.01. The smallest absolute Gasteiger partial charge is 0.122 e. The van der Waals surface area contributed by atoms with E-state index in [4.69, 9.17) is 0 Å². The Hall–Kier alpha value is -1.17. The molecule has 0 aliphatic rings. The molecule has 1 aromatic carbocycles. The first-order valence-corrected chi connectivity index (χ1v) is 7.80. The summed E-state index contributed by atoms with van der Waals surface area (Å²) in [5.74, 6) is 0. The second-order valence-corrected chi connectivity index (χ2v) is 6.50. The SMILES string of the molecule is Cc1ccc(C(O)c2c(Br)cnn2CCN(C)C)cc1C. The highest BCUT2D eigenvalue weighted by Gasteiger charge is 2.20. The zero-order valence-corrected chi connectivity index (χ0v) is 14.6. The zero-order valence-electron chi connectivity index (χ0n) is 13.0. The molecule has 0 saturated carbocycles. The third-order valence-electron chi connectivity index (χ3n) is 3.70. The molecule has 2 aromatic rings. The number of halogens is 1. The van der Waals surface area contributed by atoms with E-state index < -0.39 is 6.10 Å². The average Bonchev–Trinajstić information content (AvgIpc) is 2.80. The van der Waals surface area contributed by atoms with Crippen molar-refractivity contribution in [3.63, 3.8) is 0 Å². The van der Waals surface area contributed by atoms with E-state index in [1.54, 1.807) is 6.20 Å². The number of rotatable bonds is 5. The summed E-state index contributed by atoms with van der Waals surface area (Å²) in [5, 5.41) is 15.1. The van der Waals surface area contributed by atoms with Crippen molar-refractivity contribution in [1.82, 2.24) is 14.7 Å². The topological polar surface area (TPSA) is 41.3 Å². The van der Waals surface area contributed by atoms with Crippen LogP contribution in [0.1, 0.15) is 28.5 Å². The summed E-state index contributed by atoms with van der Waals surface area (Å²) >= 11 is 3.50. The monoisotopic (exact) mass is 351 g/mol. The highest BCUT2D eigenvalue weighted by Crippen LogP contribution is 2.29. The Bertz CT molecular complexity index is 622. The van der Waals surface area contributed by atoms with E-state index in [9.17, 15) is 5.11 Å². The van der Waals surface area contributed by atoms with E-state index in [2.05, 4.69) is 39.8 Å². The van der Waals surface area contributed by atoms with Crippen LogP contribution in [0.25, 0.3) is 0 Å². The Balaban J connectivity index is 2.31. The minimum atomic E-state index is -0.677. The molecule has 0 amide bonds. The summed E-state index contributed by atoms with van der Waals surface area (Å²) in [6, 6.07) is 6.06. The quantitative estimate of drug-likeness (QED) is 0.900. The molecule has 0 bridgehead atoms. The molecular weight excluding hydrogens is 330 g/mol. The van der Waals surface area contributed by atoms with Crippen LogP contribution in [0, 0.1) is 13.8 Å². The summed E-state index contributed by atoms with van der Waals surface area (Å²) in [4.78, 5) is 2.10. The molecular formula is C16H22BrN3O. The Kier molecular flexibility index (Phi) is 5.19. The lowest BCUT2D eigenvalue weighted by Gasteiger charge is -2.17. The average molecular weight is 352 g/mol. The van der Waals surface area contributed by atoms with Crippen LogP contribution in [0.15, 0.2) is 28.9 Å². The number of aliphatic hydroxyl groups excluding tert-OH is 1. The predicted octanol–water partition coefficient (Wildman–Crippen LogP) is 2.91. The van der Waals surface area contributed by atoms with Gasteiger partial charge in [-0.05, 0) is 60.6 Å². The zero-order chi connectivity index (χ0) is 15.6. The highest BCUT2D eigenvalue weighted by atomic mass is 79.9. The van der Waals surface area contributed by atoms with Gasteiger partial charge in [0.15, 0.2) is 0 Å². The lowest BCUT2D eigenvalue weighted by Crippen LogP contribution is -2.21. The molecule has 0 spiro atoms. The fourth-order valence-electron chi connectivity index (χ4n) is 2.21. The van der Waals surface area contributed by atoms with Crippen LogP contribution in [0.3, 0.4) is 0 Å². The van der Waals surface area contributed by atoms with E-state index >= 15 is 0 Å². The van der Waals surface area contributed by atoms with Gasteiger partial charge in [-0.2, -0.15) is 5.10 Å². The Labute approximate surface area is 134 Å². The molecule has 5 heteroatoms. The summed E-state index contributed by atoms with van der Waals surface area (Å²) < 4.78 is 2.70. The van der Waals surface area contributed by atoms with Gasteiger partial charge in [0, 0.05) is 6.54 Å². The third-order valence-corrected chi connectivity index (χ3v) is 4.31. The standard InChI is InChI=1S/C16H22BrN3O/c1-11-5-6-13(9-12(11)2)16(21)15-14(17)10-18-20(15)8-7-19(3)4/h5-6,9-10,16,21H,7-8H2,1-4H3. The molecule has 0 aliphatic heterocycles. The lowest BCUT2D eigenvalue weighted by molar-refractivity contribution is 0.204. The molecule has 0 saturated heterocycles. The Morgan fingerprint density at radius 2 is 2.00 bits per heavy atom. The summed E-state index contributed by atoms with van der Waals surface area (Å²) in [5.41, 5.74) is 4.11. The van der Waals surface area contributed by atoms with Gasteiger partial charge in [0.25, 0.3) is 0 Å². The molecule has 0 aliphatic carbocycles. The number of likely N-dealkylation sites (N-methyl/N-ethyl adjacent to an activating group) is 1. The van der Waals surface area contributed by atoms with Crippen LogP contribution < -0.4 is 0 Å². The van der Waals surface area contributed by atoms with Gasteiger partial charge in [-0.15, -0.1) is 0 Å². The molecule has 2 rings (SSSR count). The summed E-state index contributed by atoms with van der Waals surface area (Å²) in [6.07, 6.45) is 1.07. The Morgan fingerprint density at radius 3 is 2.62 bits per heavy atom. The van der Waals surface area contributed by atoms with Crippen molar-refractivity contribution < 1.29 is 5.11 Å². The summed E-state index contributed by atoms with van der Waals surface area (Å²) in [7, 11) is 4.05. The number of hydrogen-bond donors (Lipinski definition) is 1. The molecule has 1 atom stereocenters. The maximum atomic E-state index is 10.7. The van der Waals surface area contributed by atoms with Gasteiger partial charge in [0.05, 0.1) is 22.9 Å². The molecule has 4 nitrogen and oxygen atoms in total. The molecule has 1 unspecified atom stereocenters. The second kappa shape index (κ2) is 6.73. The van der Waals surface area contributed by atoms with Crippen LogP contribution in [0.2, 0.25) is 0 Å². The summed E-state index contributed by atoms with van der Waals surface area (Å²) in [6.45, 7) is 5.75. The number of aliphatic hydroxyl groups is 1. The van der Waals surface area contributed by atoms with Crippen LogP contribution in [0.5, 0.6) is 0 Å². The highest BCUT2D eigenvalue weighted by molar-refractivity contribution is 9.10. The van der Waals surface area contributed by atoms with Gasteiger partial charge in [-0.3, -0.25) is 4.68 Å². The van der Waals surface area contributed by atoms with Crippen molar-refractivity contribution in [1.29, 1.82) is 0 Å². The van der Waals surface area contributed by atoms with Crippen molar-refractivity contribution in [3.8, 4) is 0 Å². The fraction of sp³-hybridized carbons (Fsp3) is 0.438. The van der Waals surface area contributed by atoms with E-state index in [0.717, 1.165) is 28.8 Å². The van der Waals surface area contributed by atoms with Gasteiger partial charge in [0.1, 0.15) is 6.10 Å². The van der Waals surface area contributed by atoms with E-state index in [1.807, 2.05) is 37.0 Å². The molecule has 1 heterocycles. The minimum absolute atomic E-state index is 0.677. The number of aromatic nitrogens is 2. The van der Waals surface area contributed by atoms with Gasteiger partial charge >= 0.3 is 0 Å². The molecule has 1 aromatic heterocycles. The minimum Gasteiger partial charge on any atom is -0.382 e. The van der Waals surface area contributed by atoms with Crippen molar-refractivity contribution in [2.45, 2.75) is 26.5 Å². The number of aryl methyl sites for hydroxylation is 2. The first-order chi connectivity index (χ1) is 9.90. The van der Waals surface area contributed by atoms with Gasteiger partial charge in [-0.25, -0.2) is 0 Å². The fourth-order valence-corrected chi connectivity index (χ4v) is 2.72. The van der Waals surface area contributed by atoms with Crippen LogP contribution in [0.4, 0.5) is 0 Å².